The second-order valence-electron chi connectivity index (χ2n) is 5.81. The third-order valence-corrected chi connectivity index (χ3v) is 4.51. The molecule has 0 radical (unpaired) electrons. The highest BCUT2D eigenvalue weighted by Crippen LogP contribution is 2.41. The lowest BCUT2D eigenvalue weighted by atomic mass is 9.92. The van der Waals surface area contributed by atoms with E-state index in [0.717, 1.165) is 16.7 Å². The molecule has 27 heavy (non-hydrogen) atoms. The molecule has 0 heterocycles. The fourth-order valence-electron chi connectivity index (χ4n) is 2.86. The van der Waals surface area contributed by atoms with Crippen LogP contribution in [0.3, 0.4) is 0 Å². The van der Waals surface area contributed by atoms with Gasteiger partial charge in [-0.2, -0.15) is 0 Å². The molecule has 0 aliphatic rings. The quantitative estimate of drug-likeness (QED) is 0.230. The maximum absolute atomic E-state index is 11.3. The summed E-state index contributed by atoms with van der Waals surface area (Å²) in [7, 11) is 0. The zero-order valence-electron chi connectivity index (χ0n) is 14.1. The highest BCUT2D eigenvalue weighted by atomic mass is 32.1. The van der Waals surface area contributed by atoms with Gasteiger partial charge in [0.15, 0.2) is 0 Å². The Labute approximate surface area is 162 Å². The summed E-state index contributed by atoms with van der Waals surface area (Å²) in [6.07, 6.45) is 10.8. The molecular formula is C22H14N2O2S. The number of nitro groups is 1. The monoisotopic (exact) mass is 370 g/mol. The molecule has 0 aliphatic carbocycles. The topological polar surface area (TPSA) is 69.2 Å². The summed E-state index contributed by atoms with van der Waals surface area (Å²) in [5.41, 5.74) is 10.7. The van der Waals surface area contributed by atoms with Gasteiger partial charge in [-0.1, -0.05) is 30.0 Å². The number of nitrogens with two attached hydrogens (primary N) is 1. The summed E-state index contributed by atoms with van der Waals surface area (Å²) in [4.78, 5) is 11.4. The first-order valence-corrected chi connectivity index (χ1v) is 8.34. The molecule has 0 fully saturated rings. The van der Waals surface area contributed by atoms with Crippen molar-refractivity contribution in [3.63, 3.8) is 0 Å². The van der Waals surface area contributed by atoms with Gasteiger partial charge < -0.3 is 5.73 Å². The number of nitrogens with zero attached hydrogens (tertiary/aromatic N) is 1. The summed E-state index contributed by atoms with van der Waals surface area (Å²) in [6.45, 7) is 0. The minimum absolute atomic E-state index is 0.0700. The van der Waals surface area contributed by atoms with Crippen LogP contribution >= 0.6 is 12.6 Å². The van der Waals surface area contributed by atoms with Crippen molar-refractivity contribution in [1.29, 1.82) is 0 Å². The van der Waals surface area contributed by atoms with Crippen LogP contribution in [0.15, 0.2) is 59.5 Å². The molecule has 0 amide bonds. The van der Waals surface area contributed by atoms with Crippen molar-refractivity contribution < 1.29 is 4.92 Å². The van der Waals surface area contributed by atoms with Gasteiger partial charge in [-0.15, -0.1) is 25.5 Å². The number of rotatable bonds is 3. The zero-order chi connectivity index (χ0) is 19.6. The number of anilines is 1. The van der Waals surface area contributed by atoms with E-state index in [-0.39, 0.29) is 5.69 Å². The normalized spacial score (nSPS) is 10.0. The van der Waals surface area contributed by atoms with Crippen LogP contribution in [0.4, 0.5) is 11.4 Å². The summed E-state index contributed by atoms with van der Waals surface area (Å²) >= 11 is 4.50. The molecule has 0 aromatic heterocycles. The van der Waals surface area contributed by atoms with E-state index in [0.29, 0.717) is 27.3 Å². The Kier molecular flexibility index (Phi) is 4.90. The highest BCUT2D eigenvalue weighted by molar-refractivity contribution is 7.80. The Morgan fingerprint density at radius 3 is 2.11 bits per heavy atom. The Balaban J connectivity index is 2.32. The molecule has 0 spiro atoms. The fourth-order valence-corrected chi connectivity index (χ4v) is 3.25. The van der Waals surface area contributed by atoms with Crippen LogP contribution in [-0.4, -0.2) is 4.92 Å². The lowest BCUT2D eigenvalue weighted by Crippen LogP contribution is -1.97. The predicted molar refractivity (Wildman–Crippen MR) is 112 cm³/mol. The zero-order valence-corrected chi connectivity index (χ0v) is 15.0. The summed E-state index contributed by atoms with van der Waals surface area (Å²) in [5.74, 6) is 5.09. The van der Waals surface area contributed by atoms with Crippen molar-refractivity contribution in [2.75, 3.05) is 5.73 Å². The lowest BCUT2D eigenvalue weighted by Gasteiger charge is -2.15. The molecule has 130 valence electrons. The van der Waals surface area contributed by atoms with Crippen LogP contribution < -0.4 is 5.73 Å². The van der Waals surface area contributed by atoms with E-state index in [4.69, 9.17) is 18.6 Å². The van der Waals surface area contributed by atoms with Gasteiger partial charge >= 0.3 is 0 Å². The fraction of sp³-hybridized carbons (Fsp3) is 0. The average molecular weight is 370 g/mol. The van der Waals surface area contributed by atoms with E-state index in [1.165, 1.54) is 12.1 Å². The summed E-state index contributed by atoms with van der Waals surface area (Å²) < 4.78 is 0. The van der Waals surface area contributed by atoms with Crippen LogP contribution in [0, 0.1) is 34.8 Å². The van der Waals surface area contributed by atoms with Crippen molar-refractivity contribution in [2.24, 2.45) is 0 Å². The van der Waals surface area contributed by atoms with Gasteiger partial charge in [-0.05, 0) is 35.4 Å². The number of terminal acetylenes is 2. The number of hydrogen-bond acceptors (Lipinski definition) is 4. The van der Waals surface area contributed by atoms with Gasteiger partial charge in [0.1, 0.15) is 0 Å². The second-order valence-corrected chi connectivity index (χ2v) is 6.29. The SMILES string of the molecule is C#Cc1ccc(-c2c(S)cc([N+](=O)[O-])cc2-c2ccc(C#C)cc2N)cc1. The average Bonchev–Trinajstić information content (AvgIpc) is 2.67. The Morgan fingerprint density at radius 1 is 0.926 bits per heavy atom. The van der Waals surface area contributed by atoms with Crippen molar-refractivity contribution in [3.8, 4) is 46.9 Å². The third-order valence-electron chi connectivity index (χ3n) is 4.16. The molecule has 3 rings (SSSR count). The third kappa shape index (κ3) is 3.50. The predicted octanol–water partition coefficient (Wildman–Crippen LogP) is 4.76. The molecule has 0 bridgehead atoms. The molecule has 0 saturated carbocycles. The maximum atomic E-state index is 11.3. The molecule has 5 heteroatoms. The van der Waals surface area contributed by atoms with E-state index >= 15 is 0 Å². The minimum Gasteiger partial charge on any atom is -0.398 e. The maximum Gasteiger partial charge on any atom is 0.271 e. The first-order chi connectivity index (χ1) is 12.9. The second kappa shape index (κ2) is 7.29. The van der Waals surface area contributed by atoms with Gasteiger partial charge in [-0.25, -0.2) is 0 Å². The van der Waals surface area contributed by atoms with Crippen LogP contribution in [0.2, 0.25) is 0 Å². The van der Waals surface area contributed by atoms with Gasteiger partial charge in [0.2, 0.25) is 0 Å². The van der Waals surface area contributed by atoms with Crippen LogP contribution in [0.25, 0.3) is 22.3 Å². The van der Waals surface area contributed by atoms with Gasteiger partial charge in [0.05, 0.1) is 4.92 Å². The van der Waals surface area contributed by atoms with Gasteiger partial charge in [0.25, 0.3) is 5.69 Å². The number of benzene rings is 3. The smallest absolute Gasteiger partial charge is 0.271 e. The molecule has 3 aromatic carbocycles. The van der Waals surface area contributed by atoms with E-state index in [9.17, 15) is 10.1 Å². The number of non-ortho nitro benzene ring substituents is 1. The van der Waals surface area contributed by atoms with Crippen LogP contribution in [0.1, 0.15) is 11.1 Å². The molecule has 3 aromatic rings. The molecule has 0 aliphatic heterocycles. The number of nitro benzene ring substituents is 1. The van der Waals surface area contributed by atoms with E-state index in [1.54, 1.807) is 30.3 Å². The number of hydrogen-bond donors (Lipinski definition) is 2. The summed E-state index contributed by atoms with van der Waals surface area (Å²) in [5, 5.41) is 11.3. The van der Waals surface area contributed by atoms with Gasteiger partial charge in [-0.3, -0.25) is 10.1 Å². The number of nitrogen functional groups attached to an aromatic ring is 1. The standard InChI is InChI=1S/C22H14N2O2S/c1-3-14-5-8-16(9-6-14)22-19(12-17(24(25)26)13-21(22)27)18-10-7-15(4-2)11-20(18)23/h1-2,5-13,27H,23H2. The van der Waals surface area contributed by atoms with Crippen molar-refractivity contribution in [1.82, 2.24) is 0 Å². The molecular weight excluding hydrogens is 356 g/mol. The van der Waals surface area contributed by atoms with Crippen molar-refractivity contribution in [3.05, 3.63) is 75.8 Å². The molecule has 4 nitrogen and oxygen atoms in total. The van der Waals surface area contributed by atoms with E-state index in [1.807, 2.05) is 12.1 Å². The highest BCUT2D eigenvalue weighted by Gasteiger charge is 2.19. The van der Waals surface area contributed by atoms with Crippen LogP contribution in [0.5, 0.6) is 0 Å². The van der Waals surface area contributed by atoms with E-state index in [2.05, 4.69) is 24.5 Å². The first kappa shape index (κ1) is 18.1. The number of thiol groups is 1. The van der Waals surface area contributed by atoms with Crippen molar-refractivity contribution >= 4 is 24.0 Å². The molecule has 0 saturated heterocycles. The van der Waals surface area contributed by atoms with Gasteiger partial charge in [0, 0.05) is 45.0 Å². The Hall–Kier alpha value is -3.67. The molecule has 0 atom stereocenters. The first-order valence-electron chi connectivity index (χ1n) is 7.89. The molecule has 2 N–H and O–H groups in total. The van der Waals surface area contributed by atoms with Crippen molar-refractivity contribution in [2.45, 2.75) is 4.90 Å². The largest absolute Gasteiger partial charge is 0.398 e. The Morgan fingerprint density at radius 2 is 1.56 bits per heavy atom. The van der Waals surface area contributed by atoms with Crippen LogP contribution in [-0.2, 0) is 0 Å². The lowest BCUT2D eigenvalue weighted by molar-refractivity contribution is -0.385. The Bertz CT molecular complexity index is 1140. The molecule has 0 unspecified atom stereocenters. The summed E-state index contributed by atoms with van der Waals surface area (Å²) in [6, 6.07) is 15.4. The minimum atomic E-state index is -0.458. The van der Waals surface area contributed by atoms with E-state index < -0.39 is 4.92 Å².